The van der Waals surface area contributed by atoms with Crippen LogP contribution in [0.2, 0.25) is 0 Å². The van der Waals surface area contributed by atoms with E-state index in [1.807, 2.05) is 24.9 Å². The highest BCUT2D eigenvalue weighted by molar-refractivity contribution is 5.85. The molecule has 3 nitrogen and oxygen atoms in total. The van der Waals surface area contributed by atoms with Gasteiger partial charge in [-0.1, -0.05) is 19.1 Å². The zero-order valence-corrected chi connectivity index (χ0v) is 14.6. The van der Waals surface area contributed by atoms with Crippen LogP contribution in [0.5, 0.6) is 0 Å². The second-order valence-corrected chi connectivity index (χ2v) is 6.95. The van der Waals surface area contributed by atoms with Gasteiger partial charge in [-0.2, -0.15) is 0 Å². The van der Waals surface area contributed by atoms with Crippen LogP contribution in [0.15, 0.2) is 24.3 Å². The van der Waals surface area contributed by atoms with Crippen molar-refractivity contribution < 1.29 is 9.18 Å². The number of benzene rings is 1. The Bertz CT molecular complexity index is 542. The summed E-state index contributed by atoms with van der Waals surface area (Å²) in [7, 11) is 1.93. The van der Waals surface area contributed by atoms with Crippen LogP contribution in [0.3, 0.4) is 0 Å². The first-order valence-electron chi connectivity index (χ1n) is 8.30. The van der Waals surface area contributed by atoms with Crippen molar-refractivity contribution in [3.63, 3.8) is 0 Å². The first-order chi connectivity index (χ1) is 10.5. The summed E-state index contributed by atoms with van der Waals surface area (Å²) < 4.78 is 13.3. The van der Waals surface area contributed by atoms with Crippen LogP contribution in [0, 0.1) is 11.7 Å². The molecule has 23 heavy (non-hydrogen) atoms. The summed E-state index contributed by atoms with van der Waals surface area (Å²) in [6.45, 7) is 1.94. The van der Waals surface area contributed by atoms with Crippen molar-refractivity contribution >= 4 is 18.3 Å². The number of hydrogen-bond donors (Lipinski definition) is 1. The lowest BCUT2D eigenvalue weighted by molar-refractivity contribution is -0.136. The number of rotatable bonds is 4. The van der Waals surface area contributed by atoms with E-state index in [9.17, 15) is 9.18 Å². The summed E-state index contributed by atoms with van der Waals surface area (Å²) in [6, 6.07) is 8.06. The smallest absolute Gasteiger partial charge is 0.225 e. The van der Waals surface area contributed by atoms with Gasteiger partial charge in [0.05, 0.1) is 0 Å². The van der Waals surface area contributed by atoms with Gasteiger partial charge in [0, 0.05) is 31.1 Å². The maximum absolute atomic E-state index is 13.3. The number of fused-ring (bicyclic) bond motifs is 2. The van der Waals surface area contributed by atoms with Gasteiger partial charge in [0.2, 0.25) is 5.91 Å². The third-order valence-electron chi connectivity index (χ3n) is 5.20. The fourth-order valence-electron chi connectivity index (χ4n) is 3.98. The Hall–Kier alpha value is -1.13. The van der Waals surface area contributed by atoms with Crippen LogP contribution in [0.1, 0.15) is 38.2 Å². The van der Waals surface area contributed by atoms with E-state index >= 15 is 0 Å². The van der Waals surface area contributed by atoms with Crippen molar-refractivity contribution in [2.45, 2.75) is 57.2 Å². The molecule has 128 valence electrons. The normalized spacial score (nSPS) is 27.2. The number of piperidine rings is 1. The van der Waals surface area contributed by atoms with Crippen LogP contribution >= 0.6 is 12.4 Å². The number of nitrogens with one attached hydrogen (secondary N) is 1. The largest absolute Gasteiger partial charge is 0.342 e. The van der Waals surface area contributed by atoms with E-state index in [1.165, 1.54) is 25.0 Å². The van der Waals surface area contributed by atoms with Gasteiger partial charge in [-0.15, -0.1) is 12.4 Å². The Morgan fingerprint density at radius 1 is 1.35 bits per heavy atom. The number of halogens is 2. The Kier molecular flexibility index (Phi) is 6.04. The first-order valence-corrected chi connectivity index (χ1v) is 8.30. The number of carbonyl (C=O) groups is 1. The molecule has 3 unspecified atom stereocenters. The third kappa shape index (κ3) is 4.24. The average molecular weight is 341 g/mol. The molecule has 2 fully saturated rings. The summed E-state index contributed by atoms with van der Waals surface area (Å²) in [5, 5.41) is 3.61. The zero-order valence-electron chi connectivity index (χ0n) is 13.8. The minimum Gasteiger partial charge on any atom is -0.342 e. The van der Waals surface area contributed by atoms with Crippen molar-refractivity contribution in [2.24, 2.45) is 5.92 Å². The van der Waals surface area contributed by atoms with Crippen LogP contribution in [-0.2, 0) is 11.2 Å². The van der Waals surface area contributed by atoms with Gasteiger partial charge in [-0.05, 0) is 49.8 Å². The third-order valence-corrected chi connectivity index (χ3v) is 5.20. The lowest BCUT2D eigenvalue weighted by Gasteiger charge is -2.36. The van der Waals surface area contributed by atoms with Gasteiger partial charge in [0.25, 0.3) is 0 Å². The highest BCUT2D eigenvalue weighted by Crippen LogP contribution is 2.30. The number of hydrogen-bond acceptors (Lipinski definition) is 2. The predicted octanol–water partition coefficient (Wildman–Crippen LogP) is 3.17. The van der Waals surface area contributed by atoms with Gasteiger partial charge in [-0.25, -0.2) is 4.39 Å². The molecular formula is C18H26ClFN2O. The second-order valence-electron chi connectivity index (χ2n) is 6.95. The van der Waals surface area contributed by atoms with Crippen molar-refractivity contribution in [3.05, 3.63) is 35.6 Å². The second kappa shape index (κ2) is 7.63. The van der Waals surface area contributed by atoms with E-state index in [1.54, 1.807) is 6.07 Å². The molecule has 3 atom stereocenters. The van der Waals surface area contributed by atoms with E-state index < -0.39 is 0 Å². The molecule has 0 aliphatic carbocycles. The molecule has 2 bridgehead atoms. The molecule has 1 aromatic rings. The fraction of sp³-hybridized carbons (Fsp3) is 0.611. The SMILES string of the molecule is CC(Cc1cccc(F)c1)C(=O)N(C)C1CC2CCC(C1)N2.Cl. The molecule has 2 aliphatic rings. The highest BCUT2D eigenvalue weighted by Gasteiger charge is 2.37. The lowest BCUT2D eigenvalue weighted by Crippen LogP contribution is -2.50. The van der Waals surface area contributed by atoms with E-state index in [0.29, 0.717) is 24.5 Å². The van der Waals surface area contributed by atoms with Gasteiger partial charge in [-0.3, -0.25) is 4.79 Å². The van der Waals surface area contributed by atoms with Crippen molar-refractivity contribution in [3.8, 4) is 0 Å². The molecule has 0 radical (unpaired) electrons. The van der Waals surface area contributed by atoms with Crippen molar-refractivity contribution in [2.75, 3.05) is 7.05 Å². The minimum absolute atomic E-state index is 0. The predicted molar refractivity (Wildman–Crippen MR) is 92.3 cm³/mol. The Morgan fingerprint density at radius 2 is 2.00 bits per heavy atom. The molecule has 0 spiro atoms. The monoisotopic (exact) mass is 340 g/mol. The number of amides is 1. The lowest BCUT2D eigenvalue weighted by atomic mass is 9.95. The van der Waals surface area contributed by atoms with Gasteiger partial charge >= 0.3 is 0 Å². The van der Waals surface area contributed by atoms with Gasteiger partial charge < -0.3 is 10.2 Å². The summed E-state index contributed by atoms with van der Waals surface area (Å²) in [4.78, 5) is 14.6. The Balaban J connectivity index is 0.00000192. The van der Waals surface area contributed by atoms with E-state index in [0.717, 1.165) is 18.4 Å². The topological polar surface area (TPSA) is 32.3 Å². The van der Waals surface area contributed by atoms with Crippen LogP contribution in [0.4, 0.5) is 4.39 Å². The maximum Gasteiger partial charge on any atom is 0.225 e. The van der Waals surface area contributed by atoms with Crippen LogP contribution in [0.25, 0.3) is 0 Å². The number of nitrogens with zero attached hydrogens (tertiary/aromatic N) is 1. The Morgan fingerprint density at radius 3 is 2.61 bits per heavy atom. The maximum atomic E-state index is 13.3. The molecule has 1 amide bonds. The van der Waals surface area contributed by atoms with E-state index in [4.69, 9.17) is 0 Å². The highest BCUT2D eigenvalue weighted by atomic mass is 35.5. The van der Waals surface area contributed by atoms with Gasteiger partial charge in [0.15, 0.2) is 0 Å². The van der Waals surface area contributed by atoms with Crippen molar-refractivity contribution in [1.82, 2.24) is 10.2 Å². The van der Waals surface area contributed by atoms with E-state index in [-0.39, 0.29) is 30.0 Å². The summed E-state index contributed by atoms with van der Waals surface area (Å²) in [5.41, 5.74) is 0.889. The first kappa shape index (κ1) is 18.2. The standard InChI is InChI=1S/C18H25FN2O.ClH/c1-12(8-13-4-3-5-14(19)9-13)18(22)21(2)17-10-15-6-7-16(11-17)20-15;/h3-5,9,12,15-17,20H,6-8,10-11H2,1-2H3;1H. The molecule has 0 saturated carbocycles. The van der Waals surface area contributed by atoms with E-state index in [2.05, 4.69) is 5.32 Å². The zero-order chi connectivity index (χ0) is 15.7. The average Bonchev–Trinajstić information content (AvgIpc) is 2.84. The molecule has 5 heteroatoms. The number of carbonyl (C=O) groups excluding carboxylic acids is 1. The van der Waals surface area contributed by atoms with Crippen LogP contribution < -0.4 is 5.32 Å². The molecule has 2 saturated heterocycles. The molecule has 2 heterocycles. The van der Waals surface area contributed by atoms with Crippen LogP contribution in [-0.4, -0.2) is 36.0 Å². The van der Waals surface area contributed by atoms with Crippen molar-refractivity contribution in [1.29, 1.82) is 0 Å². The summed E-state index contributed by atoms with van der Waals surface area (Å²) >= 11 is 0. The van der Waals surface area contributed by atoms with Gasteiger partial charge in [0.1, 0.15) is 5.82 Å². The minimum atomic E-state index is -0.236. The molecule has 0 aromatic heterocycles. The summed E-state index contributed by atoms with van der Waals surface area (Å²) in [5.74, 6) is -0.171. The molecular weight excluding hydrogens is 315 g/mol. The molecule has 2 aliphatic heterocycles. The molecule has 3 rings (SSSR count). The quantitative estimate of drug-likeness (QED) is 0.913. The summed E-state index contributed by atoms with van der Waals surface area (Å²) in [6.07, 6.45) is 5.19. The molecule has 1 aromatic carbocycles. The fourth-order valence-corrected chi connectivity index (χ4v) is 3.98. The molecule has 1 N–H and O–H groups in total. The Labute approximate surface area is 144 Å².